The lowest BCUT2D eigenvalue weighted by atomic mass is 9.81. The number of hydrogen-bond donors (Lipinski definition) is 1. The van der Waals surface area contributed by atoms with Crippen molar-refractivity contribution >= 4 is 0 Å². The van der Waals surface area contributed by atoms with E-state index in [9.17, 15) is 0 Å². The van der Waals surface area contributed by atoms with Crippen LogP contribution in [0.3, 0.4) is 0 Å². The summed E-state index contributed by atoms with van der Waals surface area (Å²) in [6.07, 6.45) is 3.95. The van der Waals surface area contributed by atoms with Crippen LogP contribution >= 0.6 is 0 Å². The van der Waals surface area contributed by atoms with Crippen LogP contribution in [-0.4, -0.2) is 30.1 Å². The first-order chi connectivity index (χ1) is 8.14. The number of hydrogen-bond acceptors (Lipinski definition) is 2. The molecule has 1 fully saturated rings. The molecule has 2 N–H and O–H groups in total. The van der Waals surface area contributed by atoms with Crippen molar-refractivity contribution in [3.8, 4) is 0 Å². The van der Waals surface area contributed by atoms with E-state index in [1.807, 2.05) is 0 Å². The molecule has 2 aliphatic rings. The number of likely N-dealkylation sites (tertiary alicyclic amines) is 1. The topological polar surface area (TPSA) is 29.3 Å². The molecule has 2 nitrogen and oxygen atoms in total. The van der Waals surface area contributed by atoms with Gasteiger partial charge in [0.25, 0.3) is 0 Å². The van der Waals surface area contributed by atoms with Gasteiger partial charge in [-0.1, -0.05) is 24.3 Å². The third-order valence-electron chi connectivity index (χ3n) is 4.14. The minimum Gasteiger partial charge on any atom is -0.323 e. The minimum atomic E-state index is 0.0637. The minimum absolute atomic E-state index is 0.0637. The molecule has 1 unspecified atom stereocenters. The Morgan fingerprint density at radius 1 is 1.35 bits per heavy atom. The summed E-state index contributed by atoms with van der Waals surface area (Å²) in [7, 11) is 0. The average Bonchev–Trinajstić information content (AvgIpc) is 2.27. The molecule has 0 saturated carbocycles. The maximum absolute atomic E-state index is 6.07. The molecule has 0 amide bonds. The monoisotopic (exact) mass is 230 g/mol. The molecule has 1 aliphatic carbocycles. The van der Waals surface area contributed by atoms with Gasteiger partial charge in [0, 0.05) is 25.2 Å². The van der Waals surface area contributed by atoms with Gasteiger partial charge in [0.15, 0.2) is 0 Å². The second kappa shape index (κ2) is 4.11. The molecule has 0 radical (unpaired) electrons. The molecule has 1 aromatic rings. The lowest BCUT2D eigenvalue weighted by Gasteiger charge is -2.47. The van der Waals surface area contributed by atoms with E-state index in [1.54, 1.807) is 11.1 Å². The van der Waals surface area contributed by atoms with Crippen molar-refractivity contribution in [2.45, 2.75) is 37.6 Å². The zero-order valence-corrected chi connectivity index (χ0v) is 10.7. The van der Waals surface area contributed by atoms with Gasteiger partial charge in [0.2, 0.25) is 0 Å². The van der Waals surface area contributed by atoms with Crippen LogP contribution < -0.4 is 5.73 Å². The Bertz CT molecular complexity index is 403. The molecule has 1 aliphatic heterocycles. The van der Waals surface area contributed by atoms with Crippen molar-refractivity contribution in [2.75, 3.05) is 19.6 Å². The van der Waals surface area contributed by atoms with Crippen LogP contribution in [0.25, 0.3) is 0 Å². The molecule has 17 heavy (non-hydrogen) atoms. The second-order valence-electron chi connectivity index (χ2n) is 6.11. The highest BCUT2D eigenvalue weighted by Gasteiger charge is 2.36. The summed E-state index contributed by atoms with van der Waals surface area (Å²) < 4.78 is 0. The SMILES string of the molecule is CC1(N)CN(CC2CCCc3ccccc32)C1. The highest BCUT2D eigenvalue weighted by Crippen LogP contribution is 2.33. The van der Waals surface area contributed by atoms with Crippen molar-refractivity contribution in [3.63, 3.8) is 0 Å². The van der Waals surface area contributed by atoms with Crippen LogP contribution in [0.5, 0.6) is 0 Å². The highest BCUT2D eigenvalue weighted by atomic mass is 15.2. The number of aryl methyl sites for hydroxylation is 1. The smallest absolute Gasteiger partial charge is 0.0383 e. The van der Waals surface area contributed by atoms with E-state index in [4.69, 9.17) is 5.73 Å². The highest BCUT2D eigenvalue weighted by molar-refractivity contribution is 5.33. The van der Waals surface area contributed by atoms with Gasteiger partial charge >= 0.3 is 0 Å². The zero-order valence-electron chi connectivity index (χ0n) is 10.7. The summed E-state index contributed by atoms with van der Waals surface area (Å²) in [5.74, 6) is 0.732. The Kier molecular flexibility index (Phi) is 2.72. The molecular weight excluding hydrogens is 208 g/mol. The molecule has 1 saturated heterocycles. The maximum atomic E-state index is 6.07. The van der Waals surface area contributed by atoms with Crippen molar-refractivity contribution in [3.05, 3.63) is 35.4 Å². The van der Waals surface area contributed by atoms with Crippen LogP contribution in [0.1, 0.15) is 36.8 Å². The largest absolute Gasteiger partial charge is 0.323 e. The number of benzene rings is 1. The van der Waals surface area contributed by atoms with Crippen LogP contribution in [-0.2, 0) is 6.42 Å². The van der Waals surface area contributed by atoms with Gasteiger partial charge in [-0.25, -0.2) is 0 Å². The van der Waals surface area contributed by atoms with E-state index < -0.39 is 0 Å². The molecule has 2 heteroatoms. The average molecular weight is 230 g/mol. The predicted octanol–water partition coefficient (Wildman–Crippen LogP) is 2.14. The van der Waals surface area contributed by atoms with Crippen molar-refractivity contribution in [1.29, 1.82) is 0 Å². The van der Waals surface area contributed by atoms with Gasteiger partial charge in [-0.3, -0.25) is 4.90 Å². The van der Waals surface area contributed by atoms with E-state index in [0.29, 0.717) is 0 Å². The zero-order chi connectivity index (χ0) is 11.9. The van der Waals surface area contributed by atoms with Crippen molar-refractivity contribution < 1.29 is 0 Å². The van der Waals surface area contributed by atoms with E-state index in [0.717, 1.165) is 19.0 Å². The first-order valence-electron chi connectivity index (χ1n) is 6.73. The summed E-state index contributed by atoms with van der Waals surface area (Å²) in [6, 6.07) is 8.97. The van der Waals surface area contributed by atoms with Crippen LogP contribution in [0, 0.1) is 0 Å². The van der Waals surface area contributed by atoms with Gasteiger partial charge in [-0.15, -0.1) is 0 Å². The quantitative estimate of drug-likeness (QED) is 0.843. The van der Waals surface area contributed by atoms with Crippen molar-refractivity contribution in [1.82, 2.24) is 4.90 Å². The fraction of sp³-hybridized carbons (Fsp3) is 0.600. The van der Waals surface area contributed by atoms with Gasteiger partial charge in [0.05, 0.1) is 0 Å². The van der Waals surface area contributed by atoms with Crippen molar-refractivity contribution in [2.24, 2.45) is 5.73 Å². The van der Waals surface area contributed by atoms with Crippen LogP contribution in [0.4, 0.5) is 0 Å². The molecule has 92 valence electrons. The standard InChI is InChI=1S/C15H22N2/c1-15(16)10-17(11-15)9-13-7-4-6-12-5-2-3-8-14(12)13/h2-3,5,8,13H,4,6-7,9-11,16H2,1H3. The number of nitrogens with zero attached hydrogens (tertiary/aromatic N) is 1. The molecule has 0 spiro atoms. The predicted molar refractivity (Wildman–Crippen MR) is 71.2 cm³/mol. The first-order valence-corrected chi connectivity index (χ1v) is 6.73. The summed E-state index contributed by atoms with van der Waals surface area (Å²) >= 11 is 0. The molecule has 1 aromatic carbocycles. The summed E-state index contributed by atoms with van der Waals surface area (Å²) in [5.41, 5.74) is 9.29. The molecule has 1 heterocycles. The Morgan fingerprint density at radius 3 is 2.88 bits per heavy atom. The Balaban J connectivity index is 1.69. The van der Waals surface area contributed by atoms with Crippen LogP contribution in [0.15, 0.2) is 24.3 Å². The first kappa shape index (κ1) is 11.2. The Hall–Kier alpha value is -0.860. The lowest BCUT2D eigenvalue weighted by molar-refractivity contribution is 0.0751. The number of rotatable bonds is 2. The molecule has 3 rings (SSSR count). The third kappa shape index (κ3) is 2.24. The third-order valence-corrected chi connectivity index (χ3v) is 4.14. The number of fused-ring (bicyclic) bond motifs is 1. The Labute approximate surface area is 104 Å². The van der Waals surface area contributed by atoms with Gasteiger partial charge < -0.3 is 5.73 Å². The van der Waals surface area contributed by atoms with E-state index in [2.05, 4.69) is 36.1 Å². The molecule has 0 bridgehead atoms. The normalized spacial score (nSPS) is 27.3. The van der Waals surface area contributed by atoms with Gasteiger partial charge in [-0.2, -0.15) is 0 Å². The fourth-order valence-corrected chi connectivity index (χ4v) is 3.46. The summed E-state index contributed by atoms with van der Waals surface area (Å²) in [4.78, 5) is 2.51. The number of nitrogens with two attached hydrogens (primary N) is 1. The molecular formula is C15H22N2. The molecule has 1 atom stereocenters. The van der Waals surface area contributed by atoms with Crippen LogP contribution in [0.2, 0.25) is 0 Å². The lowest BCUT2D eigenvalue weighted by Crippen LogP contribution is -2.65. The Morgan fingerprint density at radius 2 is 2.12 bits per heavy atom. The second-order valence-corrected chi connectivity index (χ2v) is 6.11. The van der Waals surface area contributed by atoms with Gasteiger partial charge in [-0.05, 0) is 43.2 Å². The van der Waals surface area contributed by atoms with E-state index in [1.165, 1.54) is 25.8 Å². The summed E-state index contributed by atoms with van der Waals surface area (Å²) in [5, 5.41) is 0. The van der Waals surface area contributed by atoms with E-state index >= 15 is 0 Å². The van der Waals surface area contributed by atoms with Gasteiger partial charge in [0.1, 0.15) is 0 Å². The summed E-state index contributed by atoms with van der Waals surface area (Å²) in [6.45, 7) is 5.47. The fourth-order valence-electron chi connectivity index (χ4n) is 3.46. The maximum Gasteiger partial charge on any atom is 0.0383 e. The van der Waals surface area contributed by atoms with E-state index in [-0.39, 0.29) is 5.54 Å². The molecule has 0 aromatic heterocycles.